The highest BCUT2D eigenvalue weighted by atomic mass is 35.5. The molecule has 1 aromatic carbocycles. The highest BCUT2D eigenvalue weighted by Gasteiger charge is 2.28. The maximum atomic E-state index is 12.7. The zero-order valence-corrected chi connectivity index (χ0v) is 16.7. The number of benzene rings is 1. The van der Waals surface area contributed by atoms with Crippen LogP contribution >= 0.6 is 11.6 Å². The molecule has 2 saturated heterocycles. The fourth-order valence-electron chi connectivity index (χ4n) is 3.99. The largest absolute Gasteiger partial charge is 0.356 e. The van der Waals surface area contributed by atoms with E-state index >= 15 is 0 Å². The van der Waals surface area contributed by atoms with Crippen LogP contribution in [0.2, 0.25) is 5.02 Å². The highest BCUT2D eigenvalue weighted by molar-refractivity contribution is 6.30. The van der Waals surface area contributed by atoms with Crippen molar-refractivity contribution in [3.8, 4) is 0 Å². The van der Waals surface area contributed by atoms with Crippen LogP contribution in [-0.4, -0.2) is 60.9 Å². The average molecular weight is 392 g/mol. The maximum Gasteiger partial charge on any atom is 0.253 e. The summed E-state index contributed by atoms with van der Waals surface area (Å²) in [4.78, 5) is 29.5. The van der Waals surface area contributed by atoms with E-state index in [1.54, 1.807) is 29.2 Å². The molecule has 2 aliphatic heterocycles. The van der Waals surface area contributed by atoms with Gasteiger partial charge in [0.2, 0.25) is 5.91 Å². The van der Waals surface area contributed by atoms with E-state index in [2.05, 4.69) is 10.2 Å². The lowest BCUT2D eigenvalue weighted by Crippen LogP contribution is -2.45. The van der Waals surface area contributed by atoms with Crippen LogP contribution in [0, 0.1) is 5.92 Å². The normalized spacial score (nSPS) is 21.1. The molecule has 2 amide bonds. The molecular weight excluding hydrogens is 362 g/mol. The molecule has 6 heteroatoms. The second-order valence-corrected chi connectivity index (χ2v) is 8.08. The van der Waals surface area contributed by atoms with Crippen molar-refractivity contribution in [2.45, 2.75) is 38.5 Å². The molecule has 0 aliphatic carbocycles. The van der Waals surface area contributed by atoms with Crippen molar-refractivity contribution in [2.24, 2.45) is 5.92 Å². The van der Waals surface area contributed by atoms with Crippen LogP contribution in [-0.2, 0) is 4.79 Å². The Morgan fingerprint density at radius 1 is 1.04 bits per heavy atom. The molecule has 0 spiro atoms. The first kappa shape index (κ1) is 20.2. The predicted octanol–water partition coefficient (Wildman–Crippen LogP) is 3.18. The molecule has 3 rings (SSSR count). The van der Waals surface area contributed by atoms with Gasteiger partial charge < -0.3 is 15.1 Å². The summed E-state index contributed by atoms with van der Waals surface area (Å²) in [5.74, 6) is -0.0403. The monoisotopic (exact) mass is 391 g/mol. The quantitative estimate of drug-likeness (QED) is 0.758. The van der Waals surface area contributed by atoms with Crippen molar-refractivity contribution in [1.82, 2.24) is 15.1 Å². The van der Waals surface area contributed by atoms with Gasteiger partial charge in [0, 0.05) is 30.2 Å². The minimum atomic E-state index is -0.106. The fraction of sp³-hybridized carbons (Fsp3) is 0.619. The van der Waals surface area contributed by atoms with Crippen molar-refractivity contribution < 1.29 is 9.59 Å². The molecule has 0 aromatic heterocycles. The number of nitrogens with one attached hydrogen (secondary N) is 1. The van der Waals surface area contributed by atoms with E-state index in [4.69, 9.17) is 11.6 Å². The van der Waals surface area contributed by atoms with E-state index < -0.39 is 0 Å². The van der Waals surface area contributed by atoms with E-state index in [9.17, 15) is 9.59 Å². The van der Waals surface area contributed by atoms with Gasteiger partial charge in [0.15, 0.2) is 0 Å². The summed E-state index contributed by atoms with van der Waals surface area (Å²) >= 11 is 5.90. The summed E-state index contributed by atoms with van der Waals surface area (Å²) in [6.45, 7) is 5.37. The van der Waals surface area contributed by atoms with Crippen molar-refractivity contribution in [2.75, 3.05) is 39.3 Å². The third-order valence-corrected chi connectivity index (χ3v) is 5.82. The minimum absolute atomic E-state index is 0.0192. The van der Waals surface area contributed by atoms with Gasteiger partial charge in [-0.1, -0.05) is 18.0 Å². The zero-order valence-electron chi connectivity index (χ0n) is 16.0. The second kappa shape index (κ2) is 10.1. The number of hydrogen-bond acceptors (Lipinski definition) is 3. The van der Waals surface area contributed by atoms with E-state index in [0.29, 0.717) is 23.7 Å². The zero-order chi connectivity index (χ0) is 19.1. The Balaban J connectivity index is 1.42. The molecule has 5 nitrogen and oxygen atoms in total. The first-order valence-electron chi connectivity index (χ1n) is 10.2. The number of likely N-dealkylation sites (tertiary alicyclic amines) is 2. The lowest BCUT2D eigenvalue weighted by atomic mass is 9.96. The van der Waals surface area contributed by atoms with Crippen LogP contribution in [0.5, 0.6) is 0 Å². The molecule has 1 unspecified atom stereocenters. The Labute approximate surface area is 167 Å². The van der Waals surface area contributed by atoms with Crippen LogP contribution < -0.4 is 5.32 Å². The first-order chi connectivity index (χ1) is 13.1. The standard InChI is InChI=1S/C21H30ClN3O2/c22-19-9-7-17(8-10-19)21(27)25-15-4-6-18(16-25)20(26)23-11-5-14-24-12-2-1-3-13-24/h7-10,18H,1-6,11-16H2,(H,23,26). The summed E-state index contributed by atoms with van der Waals surface area (Å²) in [5, 5.41) is 3.70. The van der Waals surface area contributed by atoms with Crippen LogP contribution in [0.1, 0.15) is 48.9 Å². The molecule has 27 heavy (non-hydrogen) atoms. The Morgan fingerprint density at radius 3 is 2.52 bits per heavy atom. The minimum Gasteiger partial charge on any atom is -0.356 e. The second-order valence-electron chi connectivity index (χ2n) is 7.64. The number of nitrogens with zero attached hydrogens (tertiary/aromatic N) is 2. The molecule has 1 aromatic rings. The van der Waals surface area contributed by atoms with Crippen molar-refractivity contribution in [3.05, 3.63) is 34.9 Å². The topological polar surface area (TPSA) is 52.7 Å². The van der Waals surface area contributed by atoms with Crippen molar-refractivity contribution in [3.63, 3.8) is 0 Å². The Morgan fingerprint density at radius 2 is 1.78 bits per heavy atom. The van der Waals surface area contributed by atoms with Gasteiger partial charge in [0.1, 0.15) is 0 Å². The summed E-state index contributed by atoms with van der Waals surface area (Å²) in [6.07, 6.45) is 6.65. The highest BCUT2D eigenvalue weighted by Crippen LogP contribution is 2.20. The smallest absolute Gasteiger partial charge is 0.253 e. The number of rotatable bonds is 6. The van der Waals surface area contributed by atoms with E-state index in [-0.39, 0.29) is 17.7 Å². The van der Waals surface area contributed by atoms with Gasteiger partial charge in [-0.3, -0.25) is 9.59 Å². The summed E-state index contributed by atoms with van der Waals surface area (Å²) < 4.78 is 0. The van der Waals surface area contributed by atoms with E-state index in [1.807, 2.05) is 0 Å². The van der Waals surface area contributed by atoms with Crippen LogP contribution in [0.25, 0.3) is 0 Å². The number of hydrogen-bond donors (Lipinski definition) is 1. The van der Waals surface area contributed by atoms with Gasteiger partial charge in [-0.2, -0.15) is 0 Å². The Kier molecular flexibility index (Phi) is 7.53. The fourth-order valence-corrected chi connectivity index (χ4v) is 4.12. The number of carbonyl (C=O) groups is 2. The summed E-state index contributed by atoms with van der Waals surface area (Å²) in [5.41, 5.74) is 0.627. The van der Waals surface area contributed by atoms with E-state index in [1.165, 1.54) is 32.4 Å². The molecule has 2 aliphatic rings. The third kappa shape index (κ3) is 5.94. The molecule has 0 radical (unpaired) electrons. The van der Waals surface area contributed by atoms with Crippen LogP contribution in [0.3, 0.4) is 0 Å². The van der Waals surface area contributed by atoms with Gasteiger partial charge in [0.05, 0.1) is 5.92 Å². The lowest BCUT2D eigenvalue weighted by molar-refractivity contribution is -0.126. The maximum absolute atomic E-state index is 12.7. The van der Waals surface area contributed by atoms with Crippen molar-refractivity contribution >= 4 is 23.4 Å². The molecule has 148 valence electrons. The number of halogens is 1. The number of piperidine rings is 2. The molecule has 1 N–H and O–H groups in total. The SMILES string of the molecule is O=C(NCCCN1CCCCC1)C1CCCN(C(=O)c2ccc(Cl)cc2)C1. The Hall–Kier alpha value is -1.59. The molecular formula is C21H30ClN3O2. The van der Waals surface area contributed by atoms with E-state index in [0.717, 1.165) is 32.4 Å². The van der Waals surface area contributed by atoms with Gasteiger partial charge in [-0.05, 0) is 76.0 Å². The van der Waals surface area contributed by atoms with Gasteiger partial charge >= 0.3 is 0 Å². The average Bonchev–Trinajstić information content (AvgIpc) is 2.72. The lowest BCUT2D eigenvalue weighted by Gasteiger charge is -2.32. The molecule has 1 atom stereocenters. The van der Waals surface area contributed by atoms with Gasteiger partial charge in [-0.15, -0.1) is 0 Å². The first-order valence-corrected chi connectivity index (χ1v) is 10.6. The number of carbonyl (C=O) groups excluding carboxylic acids is 2. The molecule has 2 heterocycles. The number of amides is 2. The molecule has 0 saturated carbocycles. The van der Waals surface area contributed by atoms with Crippen LogP contribution in [0.4, 0.5) is 0 Å². The van der Waals surface area contributed by atoms with Crippen molar-refractivity contribution in [1.29, 1.82) is 0 Å². The third-order valence-electron chi connectivity index (χ3n) is 5.57. The molecule has 0 bridgehead atoms. The van der Waals surface area contributed by atoms with Gasteiger partial charge in [-0.25, -0.2) is 0 Å². The van der Waals surface area contributed by atoms with Gasteiger partial charge in [0.25, 0.3) is 5.91 Å². The Bertz CT molecular complexity index is 629. The summed E-state index contributed by atoms with van der Waals surface area (Å²) in [7, 11) is 0. The summed E-state index contributed by atoms with van der Waals surface area (Å²) in [6, 6.07) is 6.94. The van der Waals surface area contributed by atoms with Crippen LogP contribution in [0.15, 0.2) is 24.3 Å². The molecule has 2 fully saturated rings. The predicted molar refractivity (Wildman–Crippen MR) is 108 cm³/mol.